The highest BCUT2D eigenvalue weighted by molar-refractivity contribution is 7.99. The summed E-state index contributed by atoms with van der Waals surface area (Å²) in [6.07, 6.45) is 1.68. The number of allylic oxidation sites excluding steroid dienone is 1. The van der Waals surface area contributed by atoms with E-state index in [1.165, 1.54) is 28.8 Å². The van der Waals surface area contributed by atoms with E-state index in [0.29, 0.717) is 30.2 Å². The minimum absolute atomic E-state index is 0.0734. The largest absolute Gasteiger partial charge is 0.368 e. The first-order valence-corrected chi connectivity index (χ1v) is 11.7. The van der Waals surface area contributed by atoms with Gasteiger partial charge in [-0.25, -0.2) is 4.98 Å². The number of thiophene rings is 1. The molecule has 1 aromatic carbocycles. The molecule has 0 bridgehead atoms. The minimum Gasteiger partial charge on any atom is -0.368 e. The Bertz CT molecular complexity index is 1120. The molecule has 1 aliphatic rings. The van der Waals surface area contributed by atoms with Gasteiger partial charge in [0.2, 0.25) is 5.91 Å². The van der Waals surface area contributed by atoms with Crippen LogP contribution in [0.1, 0.15) is 4.88 Å². The Kier molecular flexibility index (Phi) is 6.24. The summed E-state index contributed by atoms with van der Waals surface area (Å²) in [5, 5.41) is 1.21. The maximum absolute atomic E-state index is 12.8. The molecule has 0 spiro atoms. The summed E-state index contributed by atoms with van der Waals surface area (Å²) in [4.78, 5) is 36.3. The quantitative estimate of drug-likeness (QED) is 0.334. The lowest BCUT2D eigenvalue weighted by Gasteiger charge is -2.36. The van der Waals surface area contributed by atoms with Crippen molar-refractivity contribution in [2.45, 2.75) is 18.6 Å². The third kappa shape index (κ3) is 4.29. The van der Waals surface area contributed by atoms with Crippen LogP contribution < -0.4 is 10.5 Å². The number of piperazine rings is 1. The molecule has 8 heteroatoms. The molecular weight excluding hydrogens is 416 g/mol. The van der Waals surface area contributed by atoms with Crippen molar-refractivity contribution >= 4 is 44.9 Å². The minimum atomic E-state index is -0.0734. The van der Waals surface area contributed by atoms with Crippen LogP contribution in [0.4, 0.5) is 5.69 Å². The van der Waals surface area contributed by atoms with Crippen molar-refractivity contribution in [2.75, 3.05) is 36.8 Å². The van der Waals surface area contributed by atoms with Crippen LogP contribution in [0.15, 0.2) is 59.0 Å². The van der Waals surface area contributed by atoms with Crippen molar-refractivity contribution in [1.82, 2.24) is 14.5 Å². The van der Waals surface area contributed by atoms with Gasteiger partial charge in [0.05, 0.1) is 11.1 Å². The second kappa shape index (κ2) is 9.06. The summed E-state index contributed by atoms with van der Waals surface area (Å²) in [6.45, 7) is 9.13. The first kappa shape index (κ1) is 20.7. The fourth-order valence-corrected chi connectivity index (χ4v) is 5.42. The fourth-order valence-electron chi connectivity index (χ4n) is 3.59. The molecule has 3 heterocycles. The maximum atomic E-state index is 12.8. The summed E-state index contributed by atoms with van der Waals surface area (Å²) in [7, 11) is 0. The highest BCUT2D eigenvalue weighted by Gasteiger charge is 2.22. The van der Waals surface area contributed by atoms with Crippen molar-refractivity contribution in [1.29, 1.82) is 0 Å². The normalized spacial score (nSPS) is 14.3. The van der Waals surface area contributed by atoms with Crippen LogP contribution in [0.3, 0.4) is 0 Å². The van der Waals surface area contributed by atoms with Crippen molar-refractivity contribution in [3.05, 3.63) is 64.3 Å². The molecule has 4 rings (SSSR count). The zero-order valence-electron chi connectivity index (χ0n) is 16.9. The summed E-state index contributed by atoms with van der Waals surface area (Å²) in [5.74, 6) is 0.347. The molecule has 3 aromatic rings. The molecule has 6 nitrogen and oxygen atoms in total. The molecule has 0 aliphatic carbocycles. The Morgan fingerprint density at radius 3 is 2.67 bits per heavy atom. The fraction of sp³-hybridized carbons (Fsp3) is 0.318. The van der Waals surface area contributed by atoms with Crippen molar-refractivity contribution in [3.8, 4) is 0 Å². The van der Waals surface area contributed by atoms with Crippen LogP contribution >= 0.6 is 23.1 Å². The molecule has 1 fully saturated rings. The number of anilines is 1. The van der Waals surface area contributed by atoms with Gasteiger partial charge in [-0.15, -0.1) is 17.9 Å². The Balaban J connectivity index is 1.43. The lowest BCUT2D eigenvalue weighted by atomic mass is 10.2. The highest BCUT2D eigenvalue weighted by atomic mass is 32.2. The third-order valence-corrected chi connectivity index (χ3v) is 7.03. The number of carbonyl (C=O) groups excluding carboxylic acids is 1. The Labute approximate surface area is 183 Å². The van der Waals surface area contributed by atoms with Crippen molar-refractivity contribution < 1.29 is 4.79 Å². The topological polar surface area (TPSA) is 58.4 Å². The second-order valence-electron chi connectivity index (χ2n) is 7.17. The van der Waals surface area contributed by atoms with E-state index in [9.17, 15) is 9.59 Å². The van der Waals surface area contributed by atoms with E-state index in [4.69, 9.17) is 0 Å². The van der Waals surface area contributed by atoms with E-state index in [1.54, 1.807) is 10.6 Å². The molecular formula is C22H24N4O2S2. The van der Waals surface area contributed by atoms with Crippen LogP contribution in [-0.2, 0) is 11.3 Å². The lowest BCUT2D eigenvalue weighted by Crippen LogP contribution is -2.49. The number of benzene rings is 1. The number of nitrogens with zero attached hydrogens (tertiary/aromatic N) is 4. The molecule has 0 atom stereocenters. The van der Waals surface area contributed by atoms with Crippen molar-refractivity contribution in [3.63, 3.8) is 0 Å². The Morgan fingerprint density at radius 2 is 1.97 bits per heavy atom. The number of aryl methyl sites for hydroxylation is 1. The lowest BCUT2D eigenvalue weighted by molar-refractivity contribution is -0.128. The summed E-state index contributed by atoms with van der Waals surface area (Å²) in [5.41, 5.74) is 1.12. The van der Waals surface area contributed by atoms with E-state index < -0.39 is 0 Å². The van der Waals surface area contributed by atoms with E-state index in [0.717, 1.165) is 22.8 Å². The van der Waals surface area contributed by atoms with Gasteiger partial charge in [-0.05, 0) is 25.1 Å². The number of fused-ring (bicyclic) bond motifs is 1. The van der Waals surface area contributed by atoms with Gasteiger partial charge in [0.1, 0.15) is 4.83 Å². The summed E-state index contributed by atoms with van der Waals surface area (Å²) >= 11 is 2.83. The SMILES string of the molecule is C=CCn1c(SCC(=O)N2CCN(c3ccccc3)CC2)nc2sc(C)cc2c1=O. The van der Waals surface area contributed by atoms with Gasteiger partial charge in [-0.2, -0.15) is 0 Å². The average molecular weight is 441 g/mol. The third-order valence-electron chi connectivity index (χ3n) is 5.13. The summed E-state index contributed by atoms with van der Waals surface area (Å²) in [6, 6.07) is 12.1. The van der Waals surface area contributed by atoms with Crippen LogP contribution in [0.5, 0.6) is 0 Å². The standard InChI is InChI=1S/C22H24N4O2S2/c1-3-9-26-21(28)18-14-16(2)30-20(18)23-22(26)29-15-19(27)25-12-10-24(11-13-25)17-7-5-4-6-8-17/h3-8,14H,1,9-13,15H2,2H3. The van der Waals surface area contributed by atoms with Crippen LogP contribution in [0, 0.1) is 6.92 Å². The van der Waals surface area contributed by atoms with Gasteiger partial charge in [-0.1, -0.05) is 36.0 Å². The monoisotopic (exact) mass is 440 g/mol. The molecule has 156 valence electrons. The molecule has 30 heavy (non-hydrogen) atoms. The molecule has 1 saturated heterocycles. The summed E-state index contributed by atoms with van der Waals surface area (Å²) < 4.78 is 1.60. The zero-order valence-corrected chi connectivity index (χ0v) is 18.5. The van der Waals surface area contributed by atoms with Crippen LogP contribution in [-0.4, -0.2) is 52.3 Å². The molecule has 2 aromatic heterocycles. The number of aromatic nitrogens is 2. The molecule has 1 aliphatic heterocycles. The molecule has 0 radical (unpaired) electrons. The number of carbonyl (C=O) groups is 1. The highest BCUT2D eigenvalue weighted by Crippen LogP contribution is 2.24. The number of amides is 1. The number of rotatable bonds is 6. The zero-order chi connectivity index (χ0) is 21.1. The smallest absolute Gasteiger partial charge is 0.263 e. The molecule has 1 amide bonds. The van der Waals surface area contributed by atoms with Crippen LogP contribution in [0.25, 0.3) is 10.2 Å². The first-order chi connectivity index (χ1) is 14.6. The number of thioether (sulfide) groups is 1. The number of hydrogen-bond donors (Lipinski definition) is 0. The van der Waals surface area contributed by atoms with Gasteiger partial charge in [0, 0.05) is 43.3 Å². The van der Waals surface area contributed by atoms with Gasteiger partial charge >= 0.3 is 0 Å². The van der Waals surface area contributed by atoms with Gasteiger partial charge < -0.3 is 9.80 Å². The van der Waals surface area contributed by atoms with E-state index in [-0.39, 0.29) is 17.2 Å². The predicted molar refractivity (Wildman–Crippen MR) is 125 cm³/mol. The van der Waals surface area contributed by atoms with Crippen molar-refractivity contribution in [2.24, 2.45) is 0 Å². The molecule has 0 N–H and O–H groups in total. The molecule has 0 saturated carbocycles. The maximum Gasteiger partial charge on any atom is 0.263 e. The predicted octanol–water partition coefficient (Wildman–Crippen LogP) is 3.39. The number of para-hydroxylation sites is 1. The second-order valence-corrected chi connectivity index (χ2v) is 9.34. The van der Waals surface area contributed by atoms with Gasteiger partial charge in [-0.3, -0.25) is 14.2 Å². The van der Waals surface area contributed by atoms with Gasteiger partial charge in [0.25, 0.3) is 5.56 Å². The molecule has 0 unspecified atom stereocenters. The van der Waals surface area contributed by atoms with Gasteiger partial charge in [0.15, 0.2) is 5.16 Å². The Morgan fingerprint density at radius 1 is 1.23 bits per heavy atom. The first-order valence-electron chi connectivity index (χ1n) is 9.89. The Hall–Kier alpha value is -2.58. The van der Waals surface area contributed by atoms with E-state index >= 15 is 0 Å². The average Bonchev–Trinajstić information content (AvgIpc) is 3.15. The van der Waals surface area contributed by atoms with E-state index in [2.05, 4.69) is 28.6 Å². The van der Waals surface area contributed by atoms with E-state index in [1.807, 2.05) is 36.1 Å². The number of hydrogen-bond acceptors (Lipinski definition) is 6. The van der Waals surface area contributed by atoms with Crippen LogP contribution in [0.2, 0.25) is 0 Å².